The number of allylic oxidation sites excluding steroid dienone is 6. The molecular formula is C62H103N6O7+. The molecule has 13 nitrogen and oxygen atoms in total. The molecule has 2 aromatic rings. The van der Waals surface area contributed by atoms with Gasteiger partial charge in [-0.2, -0.15) is 4.58 Å². The van der Waals surface area contributed by atoms with E-state index < -0.39 is 11.2 Å². The van der Waals surface area contributed by atoms with Crippen molar-refractivity contribution in [3.05, 3.63) is 95.7 Å². The molecule has 3 amide bonds. The standard InChI is InChI=1S/C53H80N6O5.C5H10O2.2C2H6/c1-50(2,3)63-48(61)57(38-25-34-54-11)36-23-24-37-58(49(62)64-51(4,5)6)39-26-35-55-47(60)33-17-14-22-40-59-44-30-21-19-28-42(44)53(9,10)46(59)32-16-13-15-31-45-52(7,8)41-27-18-20-29-43(41)56(45)12;1-5(2,3)7-4-6;2*1-2/h13,15-16,18-21,27-32,54H,14,17,22-26,33-40H2,1-12H3;4H,1-3H3;2*1-2H3/p+1. The van der Waals surface area contributed by atoms with Crippen molar-refractivity contribution < 1.29 is 38.0 Å². The molecule has 0 unspecified atom stereocenters. The lowest BCUT2D eigenvalue weighted by Crippen LogP contribution is -2.40. The van der Waals surface area contributed by atoms with Crippen LogP contribution in [0.3, 0.4) is 0 Å². The van der Waals surface area contributed by atoms with Gasteiger partial charge in [-0.15, -0.1) is 0 Å². The molecule has 0 aromatic heterocycles. The molecule has 13 heteroatoms. The lowest BCUT2D eigenvalue weighted by Gasteiger charge is -2.29. The lowest BCUT2D eigenvalue weighted by molar-refractivity contribution is -0.401. The van der Waals surface area contributed by atoms with Crippen molar-refractivity contribution in [2.24, 2.45) is 0 Å². The van der Waals surface area contributed by atoms with Crippen LogP contribution in [-0.2, 0) is 34.6 Å². The van der Waals surface area contributed by atoms with Crippen molar-refractivity contribution in [3.8, 4) is 0 Å². The summed E-state index contributed by atoms with van der Waals surface area (Å²) in [4.78, 5) is 54.5. The van der Waals surface area contributed by atoms with E-state index in [2.05, 4.69) is 138 Å². The van der Waals surface area contributed by atoms with Crippen molar-refractivity contribution in [2.75, 3.05) is 64.8 Å². The van der Waals surface area contributed by atoms with Crippen molar-refractivity contribution in [2.45, 2.75) is 197 Å². The number of amides is 3. The topological polar surface area (TPSA) is 133 Å². The minimum atomic E-state index is -0.622. The number of unbranched alkanes of at least 4 members (excludes halogenated alkanes) is 3. The number of ether oxygens (including phenoxy) is 3. The van der Waals surface area contributed by atoms with Crippen LogP contribution in [0.4, 0.5) is 21.0 Å². The van der Waals surface area contributed by atoms with E-state index >= 15 is 0 Å². The van der Waals surface area contributed by atoms with Gasteiger partial charge in [0, 0.05) is 80.2 Å². The van der Waals surface area contributed by atoms with Crippen LogP contribution in [0, 0.1) is 0 Å². The fraction of sp³-hybridized carbons (Fsp3) is 0.629. The maximum absolute atomic E-state index is 13.2. The Morgan fingerprint density at radius 3 is 1.67 bits per heavy atom. The molecule has 75 heavy (non-hydrogen) atoms. The molecule has 0 fully saturated rings. The highest BCUT2D eigenvalue weighted by atomic mass is 16.6. The number of carbonyl (C=O) groups excluding carboxylic acids is 4. The van der Waals surface area contributed by atoms with Crippen molar-refractivity contribution >= 4 is 41.7 Å². The second-order valence-electron chi connectivity index (χ2n) is 22.6. The number of anilines is 1. The van der Waals surface area contributed by atoms with Crippen molar-refractivity contribution in [1.29, 1.82) is 0 Å². The molecule has 4 rings (SSSR count). The zero-order valence-corrected chi connectivity index (χ0v) is 50.3. The van der Waals surface area contributed by atoms with Crippen LogP contribution in [0.2, 0.25) is 0 Å². The number of benzene rings is 2. The van der Waals surface area contributed by atoms with Crippen LogP contribution in [0.5, 0.6) is 0 Å². The summed E-state index contributed by atoms with van der Waals surface area (Å²) in [5, 5.41) is 6.20. The Morgan fingerprint density at radius 1 is 0.640 bits per heavy atom. The largest absolute Gasteiger partial charge is 0.462 e. The van der Waals surface area contributed by atoms with Crippen LogP contribution in [-0.4, -0.2) is 121 Å². The number of nitrogens with one attached hydrogen (secondary N) is 2. The summed E-state index contributed by atoms with van der Waals surface area (Å²) < 4.78 is 18.2. The Kier molecular flexibility index (Phi) is 29.6. The zero-order valence-electron chi connectivity index (χ0n) is 50.3. The summed E-state index contributed by atoms with van der Waals surface area (Å²) in [6.07, 6.45) is 16.3. The fourth-order valence-corrected chi connectivity index (χ4v) is 8.80. The van der Waals surface area contributed by atoms with Gasteiger partial charge in [0.25, 0.3) is 6.47 Å². The molecule has 2 heterocycles. The summed E-state index contributed by atoms with van der Waals surface area (Å²) in [7, 11) is 4.04. The molecule has 0 bridgehead atoms. The minimum absolute atomic E-state index is 0.0324. The molecule has 422 valence electrons. The van der Waals surface area contributed by atoms with Crippen LogP contribution in [0.25, 0.3) is 0 Å². The number of fused-ring (bicyclic) bond motifs is 2. The van der Waals surface area contributed by atoms with Gasteiger partial charge in [-0.05, 0) is 146 Å². The number of hydrogen-bond acceptors (Lipinski definition) is 9. The van der Waals surface area contributed by atoms with E-state index in [1.54, 1.807) is 9.80 Å². The number of rotatable bonds is 23. The Bertz CT molecular complexity index is 2170. The second kappa shape index (κ2) is 32.9. The normalized spacial score (nSPS) is 14.9. The van der Waals surface area contributed by atoms with Crippen LogP contribution >= 0.6 is 0 Å². The van der Waals surface area contributed by atoms with E-state index in [0.717, 1.165) is 45.2 Å². The number of para-hydroxylation sites is 2. The second-order valence-corrected chi connectivity index (χ2v) is 22.6. The Labute approximate surface area is 455 Å². The first-order chi connectivity index (χ1) is 35.2. The molecule has 0 aliphatic carbocycles. The molecule has 2 aromatic carbocycles. The Morgan fingerprint density at radius 2 is 1.16 bits per heavy atom. The molecule has 0 spiro atoms. The summed E-state index contributed by atoms with van der Waals surface area (Å²) in [6.45, 7) is 38.6. The van der Waals surface area contributed by atoms with E-state index in [-0.39, 0.29) is 34.5 Å². The highest BCUT2D eigenvalue weighted by Gasteiger charge is 2.42. The number of carbonyl (C=O) groups is 4. The quantitative estimate of drug-likeness (QED) is 0.0367. The van der Waals surface area contributed by atoms with E-state index in [0.29, 0.717) is 58.5 Å². The van der Waals surface area contributed by atoms with Gasteiger partial charge in [0.2, 0.25) is 11.6 Å². The van der Waals surface area contributed by atoms with E-state index in [1.807, 2.05) is 97.1 Å². The third kappa shape index (κ3) is 23.6. The molecule has 2 N–H and O–H groups in total. The number of hydrogen-bond donors (Lipinski definition) is 2. The lowest BCUT2D eigenvalue weighted by atomic mass is 9.81. The van der Waals surface area contributed by atoms with Crippen LogP contribution in [0.1, 0.15) is 180 Å². The summed E-state index contributed by atoms with van der Waals surface area (Å²) in [5.41, 5.74) is 6.05. The number of nitrogens with zero attached hydrogens (tertiary/aromatic N) is 4. The maximum Gasteiger partial charge on any atom is 0.410 e. The minimum Gasteiger partial charge on any atom is -0.462 e. The SMILES string of the molecule is CC.CC.CC(C)(C)OC=O.CNCCCN(CCCCN(CCCNC(=O)CCCCCN1/C(=C/C=C/C=C/C2=[N+](C)c3ccccc3C2(C)C)C(C)(C)c2ccccc21)C(=O)OC(C)(C)C)C(=O)OC(C)(C)C. The maximum atomic E-state index is 13.2. The van der Waals surface area contributed by atoms with Crippen LogP contribution < -0.4 is 15.5 Å². The van der Waals surface area contributed by atoms with Gasteiger partial charge in [-0.3, -0.25) is 9.59 Å². The Hall–Kier alpha value is -5.43. The smallest absolute Gasteiger partial charge is 0.410 e. The van der Waals surface area contributed by atoms with Gasteiger partial charge in [0.15, 0.2) is 5.71 Å². The molecular weight excluding hydrogens is 941 g/mol. The van der Waals surface area contributed by atoms with E-state index in [9.17, 15) is 19.2 Å². The average Bonchev–Trinajstić information content (AvgIpc) is 3.66. The summed E-state index contributed by atoms with van der Waals surface area (Å²) in [5.74, 6) is 0.0324. The van der Waals surface area contributed by atoms with Crippen molar-refractivity contribution in [1.82, 2.24) is 20.4 Å². The van der Waals surface area contributed by atoms with Crippen molar-refractivity contribution in [3.63, 3.8) is 0 Å². The monoisotopic (exact) mass is 1040 g/mol. The first-order valence-electron chi connectivity index (χ1n) is 27.9. The molecule has 0 radical (unpaired) electrons. The van der Waals surface area contributed by atoms with E-state index in [4.69, 9.17) is 9.47 Å². The van der Waals surface area contributed by atoms with Gasteiger partial charge in [0.1, 0.15) is 23.9 Å². The summed E-state index contributed by atoms with van der Waals surface area (Å²) in [6, 6.07) is 17.4. The highest BCUT2D eigenvalue weighted by molar-refractivity contribution is 6.03. The first kappa shape index (κ1) is 67.6. The zero-order chi connectivity index (χ0) is 57.0. The highest BCUT2D eigenvalue weighted by Crippen LogP contribution is 2.47. The molecule has 0 saturated heterocycles. The third-order valence-electron chi connectivity index (χ3n) is 12.3. The molecule has 2 aliphatic heterocycles. The fourth-order valence-electron chi connectivity index (χ4n) is 8.80. The molecule has 0 atom stereocenters. The van der Waals surface area contributed by atoms with Gasteiger partial charge >= 0.3 is 12.2 Å². The molecule has 2 aliphatic rings. The molecule has 0 saturated carbocycles. The summed E-state index contributed by atoms with van der Waals surface area (Å²) >= 11 is 0. The van der Waals surface area contributed by atoms with Gasteiger partial charge in [0.05, 0.1) is 5.41 Å². The predicted octanol–water partition coefficient (Wildman–Crippen LogP) is 13.4. The van der Waals surface area contributed by atoms with Gasteiger partial charge in [-0.25, -0.2) is 9.59 Å². The van der Waals surface area contributed by atoms with Crippen LogP contribution in [0.15, 0.2) is 84.6 Å². The average molecular weight is 1040 g/mol. The first-order valence-corrected chi connectivity index (χ1v) is 27.9. The Balaban J connectivity index is 0.00000233. The predicted molar refractivity (Wildman–Crippen MR) is 313 cm³/mol. The van der Waals surface area contributed by atoms with Gasteiger partial charge < -0.3 is 39.5 Å². The third-order valence-corrected chi connectivity index (χ3v) is 12.3. The van der Waals surface area contributed by atoms with E-state index in [1.165, 1.54) is 33.9 Å². The van der Waals surface area contributed by atoms with Gasteiger partial charge in [-0.1, -0.05) is 103 Å².